The molecule has 1 atom stereocenters. The molecule has 0 bridgehead atoms. The molecule has 0 aliphatic heterocycles. The summed E-state index contributed by atoms with van der Waals surface area (Å²) in [6.07, 6.45) is 7.95. The first-order valence-corrected chi connectivity index (χ1v) is 12.4. The highest BCUT2D eigenvalue weighted by Gasteiger charge is 2.17. The van der Waals surface area contributed by atoms with E-state index in [1.807, 2.05) is 43.3 Å². The number of carbonyl (C=O) groups is 1. The molecule has 0 radical (unpaired) electrons. The molecule has 0 saturated heterocycles. The maximum Gasteiger partial charge on any atom is 0.251 e. The average molecular weight is 472 g/mol. The molecule has 1 amide bonds. The number of hydrogen-bond acceptors (Lipinski definition) is 4. The fourth-order valence-corrected chi connectivity index (χ4v) is 4.94. The van der Waals surface area contributed by atoms with Crippen LogP contribution in [-0.2, 0) is 25.9 Å². The SMILES string of the molecule is C[C@@H](CNC(=O)c1ccc2[nH]c3c(c2c1)CCCC3)Oc1cccc(CN(C)Cc2ccoc2)c1. The maximum atomic E-state index is 12.9. The Bertz CT molecular complexity index is 1290. The Hall–Kier alpha value is -3.51. The van der Waals surface area contributed by atoms with Gasteiger partial charge in [0.15, 0.2) is 0 Å². The van der Waals surface area contributed by atoms with Gasteiger partial charge in [-0.3, -0.25) is 9.69 Å². The molecule has 6 heteroatoms. The summed E-state index contributed by atoms with van der Waals surface area (Å²) in [7, 11) is 2.08. The van der Waals surface area contributed by atoms with Gasteiger partial charge in [0, 0.05) is 40.8 Å². The summed E-state index contributed by atoms with van der Waals surface area (Å²) in [6, 6.07) is 16.1. The number of amides is 1. The second kappa shape index (κ2) is 10.4. The number of benzene rings is 2. The van der Waals surface area contributed by atoms with Gasteiger partial charge in [0.25, 0.3) is 5.91 Å². The number of nitrogens with zero attached hydrogens (tertiary/aromatic N) is 1. The largest absolute Gasteiger partial charge is 0.489 e. The number of furan rings is 1. The van der Waals surface area contributed by atoms with Crippen LogP contribution in [-0.4, -0.2) is 35.5 Å². The summed E-state index contributed by atoms with van der Waals surface area (Å²) < 4.78 is 11.3. The van der Waals surface area contributed by atoms with Crippen LogP contribution in [0.3, 0.4) is 0 Å². The number of nitrogens with one attached hydrogen (secondary N) is 2. The molecule has 0 saturated carbocycles. The quantitative estimate of drug-likeness (QED) is 0.340. The van der Waals surface area contributed by atoms with Crippen LogP contribution in [0, 0.1) is 0 Å². The normalized spacial score (nSPS) is 14.1. The van der Waals surface area contributed by atoms with Crippen molar-refractivity contribution >= 4 is 16.8 Å². The molecule has 0 unspecified atom stereocenters. The van der Waals surface area contributed by atoms with Gasteiger partial charge in [0.2, 0.25) is 0 Å². The number of fused-ring (bicyclic) bond motifs is 3. The molecule has 182 valence electrons. The van der Waals surface area contributed by atoms with Gasteiger partial charge in [0.05, 0.1) is 19.1 Å². The van der Waals surface area contributed by atoms with Crippen molar-refractivity contribution in [3.63, 3.8) is 0 Å². The van der Waals surface area contributed by atoms with Crippen molar-refractivity contribution < 1.29 is 13.9 Å². The van der Waals surface area contributed by atoms with Crippen molar-refractivity contribution in [2.75, 3.05) is 13.6 Å². The van der Waals surface area contributed by atoms with Crippen LogP contribution < -0.4 is 10.1 Å². The van der Waals surface area contributed by atoms with E-state index >= 15 is 0 Å². The third-order valence-electron chi connectivity index (χ3n) is 6.63. The fourth-order valence-electron chi connectivity index (χ4n) is 4.94. The lowest BCUT2D eigenvalue weighted by atomic mass is 9.95. The summed E-state index contributed by atoms with van der Waals surface area (Å²) in [5, 5.41) is 4.22. The minimum Gasteiger partial charge on any atom is -0.489 e. The highest BCUT2D eigenvalue weighted by molar-refractivity contribution is 5.99. The second-order valence-electron chi connectivity index (χ2n) is 9.64. The maximum absolute atomic E-state index is 12.9. The van der Waals surface area contributed by atoms with Gasteiger partial charge in [-0.1, -0.05) is 12.1 Å². The number of rotatable bonds is 9. The van der Waals surface area contributed by atoms with Crippen molar-refractivity contribution in [3.05, 3.63) is 89.0 Å². The number of aromatic nitrogens is 1. The Morgan fingerprint density at radius 3 is 2.83 bits per heavy atom. The van der Waals surface area contributed by atoms with Gasteiger partial charge in [-0.15, -0.1) is 0 Å². The predicted molar refractivity (Wildman–Crippen MR) is 138 cm³/mol. The molecule has 2 N–H and O–H groups in total. The van der Waals surface area contributed by atoms with Crippen LogP contribution >= 0.6 is 0 Å². The minimum atomic E-state index is -0.151. The Morgan fingerprint density at radius 1 is 1.11 bits per heavy atom. The standard InChI is InChI=1S/C29H33N3O3/c1-20(35-24-7-5-6-21(14-24)17-32(2)18-22-12-13-34-19-22)16-30-29(33)23-10-11-28-26(15-23)25-8-3-4-9-27(25)31-28/h5-7,10-15,19-20,31H,3-4,8-9,16-18H2,1-2H3,(H,30,33)/t20-/m0/s1. The van der Waals surface area contributed by atoms with Crippen LogP contribution in [0.25, 0.3) is 10.9 Å². The molecule has 4 aromatic rings. The van der Waals surface area contributed by atoms with Gasteiger partial charge in [0.1, 0.15) is 11.9 Å². The van der Waals surface area contributed by atoms with E-state index in [0.29, 0.717) is 12.1 Å². The second-order valence-corrected chi connectivity index (χ2v) is 9.64. The zero-order valence-electron chi connectivity index (χ0n) is 20.5. The molecule has 0 spiro atoms. The lowest BCUT2D eigenvalue weighted by molar-refractivity contribution is 0.0932. The molecule has 5 rings (SSSR count). The first-order valence-electron chi connectivity index (χ1n) is 12.4. The van der Waals surface area contributed by atoms with Crippen molar-refractivity contribution in [3.8, 4) is 5.75 Å². The van der Waals surface area contributed by atoms with E-state index in [2.05, 4.69) is 34.4 Å². The first-order chi connectivity index (χ1) is 17.0. The third-order valence-corrected chi connectivity index (χ3v) is 6.63. The Kier molecular flexibility index (Phi) is 6.91. The van der Waals surface area contributed by atoms with E-state index in [9.17, 15) is 4.79 Å². The number of carbonyl (C=O) groups excluding carboxylic acids is 1. The van der Waals surface area contributed by atoms with Crippen LogP contribution in [0.1, 0.15) is 52.5 Å². The highest BCUT2D eigenvalue weighted by atomic mass is 16.5. The van der Waals surface area contributed by atoms with Crippen molar-refractivity contribution in [1.82, 2.24) is 15.2 Å². The molecule has 1 aliphatic rings. The highest BCUT2D eigenvalue weighted by Crippen LogP contribution is 2.29. The minimum absolute atomic E-state index is 0.0669. The first kappa shape index (κ1) is 23.2. The summed E-state index contributed by atoms with van der Waals surface area (Å²) in [5.41, 5.74) is 6.86. The summed E-state index contributed by atoms with van der Waals surface area (Å²) in [6.45, 7) is 4.04. The van der Waals surface area contributed by atoms with E-state index < -0.39 is 0 Å². The zero-order chi connectivity index (χ0) is 24.2. The van der Waals surface area contributed by atoms with Gasteiger partial charge in [-0.25, -0.2) is 0 Å². The Labute approximate surface area is 206 Å². The Morgan fingerprint density at radius 2 is 1.97 bits per heavy atom. The smallest absolute Gasteiger partial charge is 0.251 e. The number of ether oxygens (including phenoxy) is 1. The van der Waals surface area contributed by atoms with Crippen LogP contribution in [0.5, 0.6) is 5.75 Å². The predicted octanol–water partition coefficient (Wildman–Crippen LogP) is 5.47. The van der Waals surface area contributed by atoms with Crippen molar-refractivity contribution in [2.24, 2.45) is 0 Å². The summed E-state index contributed by atoms with van der Waals surface area (Å²) in [5.74, 6) is 0.740. The van der Waals surface area contributed by atoms with Crippen molar-refractivity contribution in [2.45, 2.75) is 51.8 Å². The lowest BCUT2D eigenvalue weighted by Gasteiger charge is -2.18. The molecule has 2 aromatic carbocycles. The van der Waals surface area contributed by atoms with E-state index in [1.54, 1.807) is 12.5 Å². The number of hydrogen-bond donors (Lipinski definition) is 2. The molecule has 35 heavy (non-hydrogen) atoms. The van der Waals surface area contributed by atoms with Crippen molar-refractivity contribution in [1.29, 1.82) is 0 Å². The Balaban J connectivity index is 1.15. The van der Waals surface area contributed by atoms with E-state index in [4.69, 9.17) is 9.15 Å². The molecular formula is C29H33N3O3. The molecule has 2 aromatic heterocycles. The third kappa shape index (κ3) is 5.60. The van der Waals surface area contributed by atoms with Gasteiger partial charge < -0.3 is 19.5 Å². The van der Waals surface area contributed by atoms with Crippen LogP contribution in [0.15, 0.2) is 65.5 Å². The average Bonchev–Trinajstić information content (AvgIpc) is 3.49. The molecule has 6 nitrogen and oxygen atoms in total. The summed E-state index contributed by atoms with van der Waals surface area (Å²) >= 11 is 0. The van der Waals surface area contributed by atoms with Gasteiger partial charge >= 0.3 is 0 Å². The van der Waals surface area contributed by atoms with Gasteiger partial charge in [-0.2, -0.15) is 0 Å². The molecular weight excluding hydrogens is 438 g/mol. The fraction of sp³-hybridized carbons (Fsp3) is 0.345. The van der Waals surface area contributed by atoms with E-state index in [1.165, 1.54) is 35.0 Å². The monoisotopic (exact) mass is 471 g/mol. The van der Waals surface area contributed by atoms with E-state index in [-0.39, 0.29) is 12.0 Å². The lowest BCUT2D eigenvalue weighted by Crippen LogP contribution is -2.33. The summed E-state index contributed by atoms with van der Waals surface area (Å²) in [4.78, 5) is 18.6. The molecule has 1 aliphatic carbocycles. The van der Waals surface area contributed by atoms with E-state index in [0.717, 1.165) is 42.8 Å². The molecule has 2 heterocycles. The number of aryl methyl sites for hydroxylation is 2. The van der Waals surface area contributed by atoms with Crippen LogP contribution in [0.4, 0.5) is 0 Å². The van der Waals surface area contributed by atoms with Gasteiger partial charge in [-0.05, 0) is 87.2 Å². The molecule has 0 fully saturated rings. The number of H-pyrrole nitrogens is 1. The topological polar surface area (TPSA) is 70.5 Å². The zero-order valence-corrected chi connectivity index (χ0v) is 20.5. The number of aromatic amines is 1. The van der Waals surface area contributed by atoms with Crippen LogP contribution in [0.2, 0.25) is 0 Å².